The van der Waals surface area contributed by atoms with Crippen molar-refractivity contribution in [1.82, 2.24) is 9.13 Å². The largest absolute Gasteiger partial charge is 0.452 e. The lowest BCUT2D eigenvalue weighted by Crippen LogP contribution is -2.43. The maximum atomic E-state index is 13.5. The quantitative estimate of drug-likeness (QED) is 0.403. The lowest BCUT2D eigenvalue weighted by Gasteiger charge is -2.26. The number of nitrogens with one attached hydrogen (secondary N) is 2. The molecule has 3 aromatic rings. The topological polar surface area (TPSA) is 113 Å². The number of hydrogen-bond donors (Lipinski definition) is 3. The molecule has 1 unspecified atom stereocenters. The summed E-state index contributed by atoms with van der Waals surface area (Å²) in [5.41, 5.74) is 1.09. The SMILES string of the molecule is CCn1c2c(c(=O)n(CCCO)c1=O)N(Cc1ccc(Cl)cc1)C(Oc1ccc(C=N)cc1)N2. The third-order valence-corrected chi connectivity index (χ3v) is 5.90. The minimum Gasteiger partial charge on any atom is -0.452 e. The maximum absolute atomic E-state index is 13.5. The van der Waals surface area contributed by atoms with Crippen LogP contribution in [0.1, 0.15) is 24.5 Å². The third-order valence-electron chi connectivity index (χ3n) is 5.65. The first kappa shape index (κ1) is 23.6. The van der Waals surface area contributed by atoms with E-state index in [1.54, 1.807) is 41.3 Å². The van der Waals surface area contributed by atoms with Gasteiger partial charge in [0.25, 0.3) is 11.9 Å². The Morgan fingerprint density at radius 2 is 1.82 bits per heavy atom. The van der Waals surface area contributed by atoms with Crippen molar-refractivity contribution in [1.29, 1.82) is 5.41 Å². The van der Waals surface area contributed by atoms with Gasteiger partial charge in [0.1, 0.15) is 17.3 Å². The molecule has 0 aliphatic carbocycles. The van der Waals surface area contributed by atoms with E-state index in [1.165, 1.54) is 10.8 Å². The molecule has 1 aliphatic rings. The zero-order valence-corrected chi connectivity index (χ0v) is 19.5. The van der Waals surface area contributed by atoms with Crippen LogP contribution in [0.25, 0.3) is 0 Å². The van der Waals surface area contributed by atoms with Crippen molar-refractivity contribution < 1.29 is 9.84 Å². The van der Waals surface area contributed by atoms with E-state index in [4.69, 9.17) is 21.7 Å². The predicted molar refractivity (Wildman–Crippen MR) is 132 cm³/mol. The van der Waals surface area contributed by atoms with Gasteiger partial charge in [-0.3, -0.25) is 13.9 Å². The van der Waals surface area contributed by atoms with E-state index in [2.05, 4.69) is 5.32 Å². The summed E-state index contributed by atoms with van der Waals surface area (Å²) in [5.74, 6) is 0.941. The van der Waals surface area contributed by atoms with E-state index in [0.717, 1.165) is 15.7 Å². The standard InChI is InChI=1S/C24H26ClN5O4/c1-2-28-21-20(22(32)29(24(28)33)12-3-13-31)30(15-17-4-8-18(25)9-5-17)23(27-21)34-19-10-6-16(14-26)7-11-19/h4-11,14,23,26-27,31H,2-3,12-13,15H2,1H3. The molecule has 4 rings (SSSR count). The Morgan fingerprint density at radius 3 is 2.44 bits per heavy atom. The summed E-state index contributed by atoms with van der Waals surface area (Å²) in [6, 6.07) is 14.3. The van der Waals surface area contributed by atoms with Crippen LogP contribution in [-0.2, 0) is 19.6 Å². The summed E-state index contributed by atoms with van der Waals surface area (Å²) in [4.78, 5) is 28.3. The molecule has 10 heteroatoms. The van der Waals surface area contributed by atoms with Crippen molar-refractivity contribution in [2.45, 2.75) is 39.3 Å². The van der Waals surface area contributed by atoms with Gasteiger partial charge < -0.3 is 25.5 Å². The van der Waals surface area contributed by atoms with E-state index in [1.807, 2.05) is 19.1 Å². The highest BCUT2D eigenvalue weighted by molar-refractivity contribution is 6.30. The molecule has 0 fully saturated rings. The Morgan fingerprint density at radius 1 is 1.12 bits per heavy atom. The fourth-order valence-corrected chi connectivity index (χ4v) is 4.06. The first-order valence-corrected chi connectivity index (χ1v) is 11.4. The van der Waals surface area contributed by atoms with Crippen molar-refractivity contribution >= 4 is 29.3 Å². The van der Waals surface area contributed by atoms with E-state index < -0.39 is 17.6 Å². The minimum absolute atomic E-state index is 0.118. The fraction of sp³-hybridized carbons (Fsp3) is 0.292. The highest BCUT2D eigenvalue weighted by Gasteiger charge is 2.36. The van der Waals surface area contributed by atoms with E-state index in [-0.39, 0.29) is 13.2 Å². The summed E-state index contributed by atoms with van der Waals surface area (Å²) in [6.45, 7) is 2.50. The molecule has 0 radical (unpaired) electrons. The van der Waals surface area contributed by atoms with Crippen molar-refractivity contribution in [3.05, 3.63) is 85.5 Å². The molecule has 1 atom stereocenters. The molecule has 0 saturated carbocycles. The molecule has 1 aliphatic heterocycles. The monoisotopic (exact) mass is 483 g/mol. The van der Waals surface area contributed by atoms with Gasteiger partial charge in [0.05, 0.1) is 0 Å². The van der Waals surface area contributed by atoms with Crippen molar-refractivity contribution in [3.8, 4) is 5.75 Å². The number of hydrogen-bond acceptors (Lipinski definition) is 7. The van der Waals surface area contributed by atoms with Gasteiger partial charge >= 0.3 is 5.69 Å². The van der Waals surface area contributed by atoms with E-state index in [9.17, 15) is 14.7 Å². The molecule has 1 aromatic heterocycles. The highest BCUT2D eigenvalue weighted by atomic mass is 35.5. The highest BCUT2D eigenvalue weighted by Crippen LogP contribution is 2.33. The van der Waals surface area contributed by atoms with Crippen molar-refractivity contribution in [2.24, 2.45) is 0 Å². The average Bonchev–Trinajstić information content (AvgIpc) is 3.18. The number of benzene rings is 2. The Bertz CT molecular complexity index is 1280. The van der Waals surface area contributed by atoms with Crippen LogP contribution in [-0.4, -0.2) is 33.4 Å². The van der Waals surface area contributed by atoms with Crippen LogP contribution in [0.3, 0.4) is 0 Å². The second-order valence-corrected chi connectivity index (χ2v) is 8.28. The zero-order valence-electron chi connectivity index (χ0n) is 18.7. The number of rotatable bonds is 9. The smallest absolute Gasteiger partial charge is 0.332 e. The number of aromatic nitrogens is 2. The Hall–Kier alpha value is -3.56. The van der Waals surface area contributed by atoms with Crippen LogP contribution in [0.2, 0.25) is 5.02 Å². The molecule has 178 valence electrons. The number of aliphatic hydroxyl groups excluding tert-OH is 1. The molecule has 2 heterocycles. The molecule has 0 spiro atoms. The van der Waals surface area contributed by atoms with Crippen LogP contribution in [0.5, 0.6) is 5.75 Å². The van der Waals surface area contributed by atoms with Crippen molar-refractivity contribution in [2.75, 3.05) is 16.8 Å². The number of ether oxygens (including phenoxy) is 1. The molecule has 0 saturated heterocycles. The van der Waals surface area contributed by atoms with Gasteiger partial charge in [0.2, 0.25) is 0 Å². The van der Waals surface area contributed by atoms with Crippen LogP contribution in [0, 0.1) is 5.41 Å². The van der Waals surface area contributed by atoms with E-state index >= 15 is 0 Å². The van der Waals surface area contributed by atoms with Gasteiger partial charge in [-0.25, -0.2) is 4.79 Å². The lowest BCUT2D eigenvalue weighted by atomic mass is 10.2. The molecular formula is C24H26ClN5O4. The second-order valence-electron chi connectivity index (χ2n) is 7.84. The third kappa shape index (κ3) is 4.57. The van der Waals surface area contributed by atoms with Crippen LogP contribution in [0.4, 0.5) is 11.5 Å². The van der Waals surface area contributed by atoms with Gasteiger partial charge in [0, 0.05) is 37.5 Å². The van der Waals surface area contributed by atoms with E-state index in [0.29, 0.717) is 41.8 Å². The average molecular weight is 484 g/mol. The molecule has 3 N–H and O–H groups in total. The fourth-order valence-electron chi connectivity index (χ4n) is 3.93. The lowest BCUT2D eigenvalue weighted by molar-refractivity contribution is 0.227. The minimum atomic E-state index is -0.755. The molecular weight excluding hydrogens is 458 g/mol. The summed E-state index contributed by atoms with van der Waals surface area (Å²) in [6.07, 6.45) is 0.784. The summed E-state index contributed by atoms with van der Waals surface area (Å²) >= 11 is 6.04. The van der Waals surface area contributed by atoms with Gasteiger partial charge in [0.15, 0.2) is 0 Å². The molecule has 0 amide bonds. The summed E-state index contributed by atoms with van der Waals surface area (Å²) in [7, 11) is 0. The number of nitrogens with zero attached hydrogens (tertiary/aromatic N) is 3. The second kappa shape index (κ2) is 10.1. The molecule has 34 heavy (non-hydrogen) atoms. The number of fused-ring (bicyclic) bond motifs is 1. The van der Waals surface area contributed by atoms with Gasteiger partial charge in [-0.1, -0.05) is 23.7 Å². The molecule has 9 nitrogen and oxygen atoms in total. The molecule has 2 aromatic carbocycles. The number of anilines is 2. The number of halogens is 1. The Kier molecular flexibility index (Phi) is 7.04. The Balaban J connectivity index is 1.79. The summed E-state index contributed by atoms with van der Waals surface area (Å²) in [5, 5.41) is 20.4. The number of aliphatic hydroxyl groups is 1. The van der Waals surface area contributed by atoms with Gasteiger partial charge in [-0.15, -0.1) is 0 Å². The van der Waals surface area contributed by atoms with Crippen LogP contribution in [0.15, 0.2) is 58.1 Å². The first-order valence-electron chi connectivity index (χ1n) is 11.0. The van der Waals surface area contributed by atoms with Crippen molar-refractivity contribution in [3.63, 3.8) is 0 Å². The van der Waals surface area contributed by atoms with Gasteiger partial charge in [-0.05, 0) is 60.9 Å². The normalized spacial score (nSPS) is 14.6. The van der Waals surface area contributed by atoms with Gasteiger partial charge in [-0.2, -0.15) is 0 Å². The Labute approximate surface area is 201 Å². The zero-order chi connectivity index (χ0) is 24.2. The van der Waals surface area contributed by atoms with Crippen LogP contribution >= 0.6 is 11.6 Å². The first-order chi connectivity index (χ1) is 16.5. The van der Waals surface area contributed by atoms with Crippen LogP contribution < -0.4 is 26.2 Å². The predicted octanol–water partition coefficient (Wildman–Crippen LogP) is 2.86. The molecule has 0 bridgehead atoms. The summed E-state index contributed by atoms with van der Waals surface area (Å²) < 4.78 is 8.86. The maximum Gasteiger partial charge on any atom is 0.332 e.